The Bertz CT molecular complexity index is 294. The average molecular weight is 274 g/mol. The summed E-state index contributed by atoms with van der Waals surface area (Å²) < 4.78 is 11.8. The van der Waals surface area contributed by atoms with Crippen LogP contribution in [-0.4, -0.2) is 24.3 Å². The Kier molecular flexibility index (Phi) is 5.83. The first-order valence-corrected chi connectivity index (χ1v) is 5.80. The van der Waals surface area contributed by atoms with Gasteiger partial charge < -0.3 is 9.47 Å². The maximum Gasteiger partial charge on any atom is 0.0785 e. The minimum absolute atomic E-state index is 0.115. The molecule has 0 radical (unpaired) electrons. The molecule has 0 saturated heterocycles. The molecular weight excluding hydrogens is 258 g/mol. The van der Waals surface area contributed by atoms with Crippen LogP contribution in [0.4, 0.5) is 0 Å². The van der Waals surface area contributed by atoms with Crippen LogP contribution in [0.15, 0.2) is 22.9 Å². The number of hydrogen-bond acceptors (Lipinski definition) is 3. The quantitative estimate of drug-likeness (QED) is 0.799. The van der Waals surface area contributed by atoms with E-state index in [1.807, 2.05) is 19.9 Å². The second kappa shape index (κ2) is 6.93. The van der Waals surface area contributed by atoms with E-state index in [9.17, 15) is 0 Å². The summed E-state index contributed by atoms with van der Waals surface area (Å²) in [7, 11) is 0. The lowest BCUT2D eigenvalue weighted by atomic mass is 10.3. The van der Waals surface area contributed by atoms with E-state index in [1.54, 1.807) is 12.4 Å². The molecule has 15 heavy (non-hydrogen) atoms. The molecule has 0 N–H and O–H groups in total. The number of rotatable bonds is 6. The van der Waals surface area contributed by atoms with Gasteiger partial charge in [0.2, 0.25) is 0 Å². The molecule has 1 aromatic heterocycles. The summed E-state index contributed by atoms with van der Waals surface area (Å²) in [6.45, 7) is 5.91. The van der Waals surface area contributed by atoms with Gasteiger partial charge in [0, 0.05) is 23.5 Å². The number of nitrogens with zero attached hydrogens (tertiary/aromatic N) is 1. The van der Waals surface area contributed by atoms with Crippen molar-refractivity contribution in [3.63, 3.8) is 0 Å². The van der Waals surface area contributed by atoms with Crippen molar-refractivity contribution in [1.82, 2.24) is 4.98 Å². The molecule has 0 amide bonds. The predicted molar refractivity (Wildman–Crippen MR) is 62.7 cm³/mol. The van der Waals surface area contributed by atoms with Crippen LogP contribution >= 0.6 is 15.9 Å². The number of hydrogen-bond donors (Lipinski definition) is 0. The molecule has 1 unspecified atom stereocenters. The smallest absolute Gasteiger partial charge is 0.0785 e. The lowest BCUT2D eigenvalue weighted by Gasteiger charge is -2.12. The topological polar surface area (TPSA) is 31.4 Å². The van der Waals surface area contributed by atoms with Gasteiger partial charge in [-0.3, -0.25) is 4.98 Å². The van der Waals surface area contributed by atoms with E-state index >= 15 is 0 Å². The first kappa shape index (κ1) is 12.6. The van der Waals surface area contributed by atoms with Gasteiger partial charge in [0.15, 0.2) is 0 Å². The fraction of sp³-hybridized carbons (Fsp3) is 0.545. The average Bonchev–Trinajstić information content (AvgIpc) is 2.23. The Labute approximate surface area is 98.9 Å². The zero-order valence-corrected chi connectivity index (χ0v) is 10.7. The molecule has 84 valence electrons. The molecule has 4 heteroatoms. The van der Waals surface area contributed by atoms with Gasteiger partial charge in [0.25, 0.3) is 0 Å². The summed E-state index contributed by atoms with van der Waals surface area (Å²) >= 11 is 3.37. The van der Waals surface area contributed by atoms with Gasteiger partial charge >= 0.3 is 0 Å². The summed E-state index contributed by atoms with van der Waals surface area (Å²) in [6.07, 6.45) is 3.68. The van der Waals surface area contributed by atoms with Crippen LogP contribution < -0.4 is 0 Å². The van der Waals surface area contributed by atoms with E-state index in [2.05, 4.69) is 20.9 Å². The number of ether oxygens (including phenoxy) is 2. The first-order chi connectivity index (χ1) is 7.22. The van der Waals surface area contributed by atoms with Crippen molar-refractivity contribution in [1.29, 1.82) is 0 Å². The van der Waals surface area contributed by atoms with Gasteiger partial charge in [-0.1, -0.05) is 0 Å². The molecule has 0 fully saturated rings. The van der Waals surface area contributed by atoms with E-state index in [4.69, 9.17) is 9.47 Å². The van der Waals surface area contributed by atoms with Crippen LogP contribution in [0.1, 0.15) is 19.4 Å². The molecule has 0 spiro atoms. The molecule has 0 aromatic carbocycles. The molecular formula is C11H16BrNO2. The summed E-state index contributed by atoms with van der Waals surface area (Å²) in [5.41, 5.74) is 1.06. The molecule has 1 heterocycles. The SMILES string of the molecule is CCOCC(C)OCc1cncc(Br)c1. The highest BCUT2D eigenvalue weighted by Crippen LogP contribution is 2.11. The van der Waals surface area contributed by atoms with E-state index in [0.29, 0.717) is 13.2 Å². The fourth-order valence-electron chi connectivity index (χ4n) is 1.11. The Balaban J connectivity index is 2.30. The Morgan fingerprint density at radius 2 is 2.27 bits per heavy atom. The van der Waals surface area contributed by atoms with E-state index < -0.39 is 0 Å². The van der Waals surface area contributed by atoms with Gasteiger partial charge in [-0.15, -0.1) is 0 Å². The molecule has 0 bridgehead atoms. The van der Waals surface area contributed by atoms with Gasteiger partial charge in [-0.2, -0.15) is 0 Å². The van der Waals surface area contributed by atoms with Crippen molar-refractivity contribution < 1.29 is 9.47 Å². The van der Waals surface area contributed by atoms with Crippen molar-refractivity contribution in [3.8, 4) is 0 Å². The molecule has 0 aliphatic rings. The summed E-state index contributed by atoms with van der Waals surface area (Å²) in [6, 6.07) is 2.00. The molecule has 0 aliphatic heterocycles. The lowest BCUT2D eigenvalue weighted by molar-refractivity contribution is -0.0117. The molecule has 0 aliphatic carbocycles. The molecule has 1 atom stereocenters. The third kappa shape index (κ3) is 5.25. The number of pyridine rings is 1. The maximum absolute atomic E-state index is 5.60. The van der Waals surface area contributed by atoms with Crippen LogP contribution in [-0.2, 0) is 16.1 Å². The molecule has 0 saturated carbocycles. The number of halogens is 1. The molecule has 1 rings (SSSR count). The third-order valence-corrected chi connectivity index (χ3v) is 2.29. The minimum atomic E-state index is 0.115. The van der Waals surface area contributed by atoms with Crippen molar-refractivity contribution >= 4 is 15.9 Å². The van der Waals surface area contributed by atoms with Crippen LogP contribution in [0.3, 0.4) is 0 Å². The summed E-state index contributed by atoms with van der Waals surface area (Å²) in [5.74, 6) is 0. The fourth-order valence-corrected chi connectivity index (χ4v) is 1.52. The van der Waals surface area contributed by atoms with Crippen LogP contribution in [0, 0.1) is 0 Å². The van der Waals surface area contributed by atoms with Crippen LogP contribution in [0.5, 0.6) is 0 Å². The third-order valence-electron chi connectivity index (χ3n) is 1.85. The van der Waals surface area contributed by atoms with Crippen LogP contribution in [0.2, 0.25) is 0 Å². The van der Waals surface area contributed by atoms with Crippen molar-refractivity contribution in [2.24, 2.45) is 0 Å². The highest BCUT2D eigenvalue weighted by Gasteiger charge is 2.02. The monoisotopic (exact) mass is 273 g/mol. The predicted octanol–water partition coefficient (Wildman–Crippen LogP) is 2.79. The minimum Gasteiger partial charge on any atom is -0.379 e. The zero-order chi connectivity index (χ0) is 11.1. The number of aromatic nitrogens is 1. The van der Waals surface area contributed by atoms with Crippen molar-refractivity contribution in [2.75, 3.05) is 13.2 Å². The Morgan fingerprint density at radius 1 is 1.47 bits per heavy atom. The maximum atomic E-state index is 5.60. The standard InChI is InChI=1S/C11H16BrNO2/c1-3-14-7-9(2)15-8-10-4-11(12)6-13-5-10/h4-6,9H,3,7-8H2,1-2H3. The lowest BCUT2D eigenvalue weighted by Crippen LogP contribution is -2.15. The highest BCUT2D eigenvalue weighted by molar-refractivity contribution is 9.10. The summed E-state index contributed by atoms with van der Waals surface area (Å²) in [4.78, 5) is 4.07. The van der Waals surface area contributed by atoms with E-state index in [-0.39, 0.29) is 6.10 Å². The normalized spacial score (nSPS) is 12.7. The van der Waals surface area contributed by atoms with Crippen LogP contribution in [0.25, 0.3) is 0 Å². The Morgan fingerprint density at radius 3 is 2.93 bits per heavy atom. The largest absolute Gasteiger partial charge is 0.379 e. The van der Waals surface area contributed by atoms with Gasteiger partial charge in [0.05, 0.1) is 19.3 Å². The Hall–Kier alpha value is -0.450. The first-order valence-electron chi connectivity index (χ1n) is 5.01. The second-order valence-electron chi connectivity index (χ2n) is 3.29. The van der Waals surface area contributed by atoms with E-state index in [0.717, 1.165) is 16.6 Å². The highest BCUT2D eigenvalue weighted by atomic mass is 79.9. The van der Waals surface area contributed by atoms with Gasteiger partial charge in [-0.05, 0) is 41.4 Å². The molecule has 1 aromatic rings. The molecule has 3 nitrogen and oxygen atoms in total. The summed E-state index contributed by atoms with van der Waals surface area (Å²) in [5, 5.41) is 0. The van der Waals surface area contributed by atoms with Crippen molar-refractivity contribution in [3.05, 3.63) is 28.5 Å². The van der Waals surface area contributed by atoms with Crippen molar-refractivity contribution in [2.45, 2.75) is 26.6 Å². The van der Waals surface area contributed by atoms with Gasteiger partial charge in [-0.25, -0.2) is 0 Å². The zero-order valence-electron chi connectivity index (χ0n) is 9.07. The second-order valence-corrected chi connectivity index (χ2v) is 4.21. The van der Waals surface area contributed by atoms with E-state index in [1.165, 1.54) is 0 Å². The van der Waals surface area contributed by atoms with Gasteiger partial charge in [0.1, 0.15) is 0 Å².